The van der Waals surface area contributed by atoms with Gasteiger partial charge in [0.25, 0.3) is 5.91 Å². The third kappa shape index (κ3) is 4.06. The third-order valence-electron chi connectivity index (χ3n) is 5.33. The summed E-state index contributed by atoms with van der Waals surface area (Å²) in [4.78, 5) is 17.1. The van der Waals surface area contributed by atoms with E-state index in [1.54, 1.807) is 31.4 Å². The van der Waals surface area contributed by atoms with Crippen LogP contribution in [0.3, 0.4) is 0 Å². The summed E-state index contributed by atoms with van der Waals surface area (Å²) >= 11 is 0. The van der Waals surface area contributed by atoms with Gasteiger partial charge >= 0.3 is 0 Å². The highest BCUT2D eigenvalue weighted by Gasteiger charge is 2.12. The summed E-state index contributed by atoms with van der Waals surface area (Å²) in [7, 11) is 1.60. The van der Waals surface area contributed by atoms with Gasteiger partial charge in [0.05, 0.1) is 7.11 Å². The largest absolute Gasteiger partial charge is 0.497 e. The standard InChI is InChI=1S/C25H24N2O3/c1-4-16(2)19-9-14-23-22(15-19)27-25(30-23)18-5-10-20(11-6-18)26-24(28)17-7-12-21(29-3)13-8-17/h5-16H,4H2,1-3H3,(H,26,28)/t16-/m1/s1. The minimum absolute atomic E-state index is 0.176. The van der Waals surface area contributed by atoms with Gasteiger partial charge in [0.15, 0.2) is 5.58 Å². The number of rotatable bonds is 6. The average Bonchev–Trinajstić information content (AvgIpc) is 3.22. The van der Waals surface area contributed by atoms with Crippen molar-refractivity contribution in [3.8, 4) is 17.2 Å². The summed E-state index contributed by atoms with van der Waals surface area (Å²) in [5.74, 6) is 1.60. The zero-order valence-corrected chi connectivity index (χ0v) is 17.3. The highest BCUT2D eigenvalue weighted by Crippen LogP contribution is 2.28. The van der Waals surface area contributed by atoms with Crippen molar-refractivity contribution in [2.75, 3.05) is 12.4 Å². The summed E-state index contributed by atoms with van der Waals surface area (Å²) in [5, 5.41) is 2.90. The van der Waals surface area contributed by atoms with Crippen molar-refractivity contribution in [1.29, 1.82) is 0 Å². The van der Waals surface area contributed by atoms with E-state index in [-0.39, 0.29) is 5.91 Å². The van der Waals surface area contributed by atoms with Crippen molar-refractivity contribution < 1.29 is 13.9 Å². The fourth-order valence-electron chi connectivity index (χ4n) is 3.25. The Hall–Kier alpha value is -3.60. The molecular formula is C25H24N2O3. The Morgan fingerprint density at radius 1 is 1.07 bits per heavy atom. The average molecular weight is 400 g/mol. The van der Waals surface area contributed by atoms with Gasteiger partial charge in [-0.05, 0) is 78.6 Å². The number of oxazole rings is 1. The van der Waals surface area contributed by atoms with Crippen molar-refractivity contribution in [1.82, 2.24) is 4.98 Å². The first-order valence-electron chi connectivity index (χ1n) is 10.0. The fourth-order valence-corrected chi connectivity index (χ4v) is 3.25. The maximum Gasteiger partial charge on any atom is 0.255 e. The quantitative estimate of drug-likeness (QED) is 0.414. The van der Waals surface area contributed by atoms with E-state index in [2.05, 4.69) is 36.3 Å². The van der Waals surface area contributed by atoms with E-state index in [4.69, 9.17) is 9.15 Å². The maximum atomic E-state index is 12.4. The molecule has 0 aliphatic carbocycles. The molecule has 0 saturated carbocycles. The number of aromatic nitrogens is 1. The van der Waals surface area contributed by atoms with Gasteiger partial charge in [-0.15, -0.1) is 0 Å². The molecule has 0 fully saturated rings. The Kier molecular flexibility index (Phi) is 5.53. The van der Waals surface area contributed by atoms with Crippen molar-refractivity contribution in [2.24, 2.45) is 0 Å². The Morgan fingerprint density at radius 2 is 1.80 bits per heavy atom. The molecule has 0 saturated heterocycles. The molecule has 0 unspecified atom stereocenters. The molecule has 0 bridgehead atoms. The number of nitrogens with zero attached hydrogens (tertiary/aromatic N) is 1. The van der Waals surface area contributed by atoms with Crippen molar-refractivity contribution in [3.63, 3.8) is 0 Å². The van der Waals surface area contributed by atoms with Gasteiger partial charge in [-0.2, -0.15) is 0 Å². The second-order valence-corrected chi connectivity index (χ2v) is 7.32. The number of carbonyl (C=O) groups is 1. The summed E-state index contributed by atoms with van der Waals surface area (Å²) in [6, 6.07) is 20.6. The van der Waals surface area contributed by atoms with Crippen LogP contribution in [0.2, 0.25) is 0 Å². The number of carbonyl (C=O) groups excluding carboxylic acids is 1. The van der Waals surface area contributed by atoms with E-state index in [9.17, 15) is 4.79 Å². The Labute approximate surface area is 175 Å². The molecule has 0 spiro atoms. The zero-order valence-electron chi connectivity index (χ0n) is 17.3. The van der Waals surface area contributed by atoms with Crippen LogP contribution in [-0.4, -0.2) is 18.0 Å². The number of anilines is 1. The lowest BCUT2D eigenvalue weighted by Gasteiger charge is -2.07. The molecule has 5 heteroatoms. The topological polar surface area (TPSA) is 64.4 Å². The Balaban J connectivity index is 1.50. The second-order valence-electron chi connectivity index (χ2n) is 7.32. The van der Waals surface area contributed by atoms with E-state index in [0.717, 1.165) is 23.1 Å². The van der Waals surface area contributed by atoms with Gasteiger partial charge < -0.3 is 14.5 Å². The van der Waals surface area contributed by atoms with Crippen LogP contribution in [0.15, 0.2) is 71.1 Å². The molecule has 4 aromatic rings. The van der Waals surface area contributed by atoms with Gasteiger partial charge in [0, 0.05) is 16.8 Å². The fraction of sp³-hybridized carbons (Fsp3) is 0.200. The highest BCUT2D eigenvalue weighted by atomic mass is 16.5. The molecule has 30 heavy (non-hydrogen) atoms. The number of benzene rings is 3. The predicted octanol–water partition coefficient (Wildman–Crippen LogP) is 6.27. The lowest BCUT2D eigenvalue weighted by Crippen LogP contribution is -2.11. The summed E-state index contributed by atoms with van der Waals surface area (Å²) in [6.45, 7) is 4.39. The summed E-state index contributed by atoms with van der Waals surface area (Å²) < 4.78 is 11.0. The number of amides is 1. The number of fused-ring (bicyclic) bond motifs is 1. The van der Waals surface area contributed by atoms with Crippen LogP contribution in [0.5, 0.6) is 5.75 Å². The van der Waals surface area contributed by atoms with E-state index in [0.29, 0.717) is 28.8 Å². The lowest BCUT2D eigenvalue weighted by atomic mass is 9.98. The van der Waals surface area contributed by atoms with Crippen molar-refractivity contribution in [3.05, 3.63) is 77.9 Å². The monoisotopic (exact) mass is 400 g/mol. The lowest BCUT2D eigenvalue weighted by molar-refractivity contribution is 0.102. The predicted molar refractivity (Wildman–Crippen MR) is 119 cm³/mol. The molecule has 5 nitrogen and oxygen atoms in total. The van der Waals surface area contributed by atoms with Gasteiger partial charge in [-0.3, -0.25) is 4.79 Å². The van der Waals surface area contributed by atoms with Crippen LogP contribution in [0.4, 0.5) is 5.69 Å². The van der Waals surface area contributed by atoms with Gasteiger partial charge in [-0.25, -0.2) is 4.98 Å². The van der Waals surface area contributed by atoms with Crippen LogP contribution in [-0.2, 0) is 0 Å². The van der Waals surface area contributed by atoms with Gasteiger partial charge in [0.1, 0.15) is 11.3 Å². The third-order valence-corrected chi connectivity index (χ3v) is 5.33. The van der Waals surface area contributed by atoms with E-state index in [1.165, 1.54) is 5.56 Å². The molecular weight excluding hydrogens is 376 g/mol. The highest BCUT2D eigenvalue weighted by molar-refractivity contribution is 6.04. The number of hydrogen-bond donors (Lipinski definition) is 1. The first-order chi connectivity index (χ1) is 14.6. The second kappa shape index (κ2) is 8.41. The number of methoxy groups -OCH3 is 1. The molecule has 1 amide bonds. The number of nitrogens with one attached hydrogen (secondary N) is 1. The minimum Gasteiger partial charge on any atom is -0.497 e. The van der Waals surface area contributed by atoms with Crippen LogP contribution < -0.4 is 10.1 Å². The molecule has 4 rings (SSSR count). The molecule has 3 aromatic carbocycles. The van der Waals surface area contributed by atoms with Crippen LogP contribution in [0.1, 0.15) is 42.1 Å². The summed E-state index contributed by atoms with van der Waals surface area (Å²) in [6.07, 6.45) is 1.08. The minimum atomic E-state index is -0.176. The molecule has 1 heterocycles. The van der Waals surface area contributed by atoms with Crippen molar-refractivity contribution in [2.45, 2.75) is 26.2 Å². The molecule has 1 N–H and O–H groups in total. The smallest absolute Gasteiger partial charge is 0.255 e. The summed E-state index contributed by atoms with van der Waals surface area (Å²) in [5.41, 5.74) is 5.03. The molecule has 0 aliphatic rings. The molecule has 0 radical (unpaired) electrons. The van der Waals surface area contributed by atoms with E-state index >= 15 is 0 Å². The van der Waals surface area contributed by atoms with E-state index < -0.39 is 0 Å². The van der Waals surface area contributed by atoms with Crippen LogP contribution >= 0.6 is 0 Å². The first-order valence-corrected chi connectivity index (χ1v) is 10.0. The van der Waals surface area contributed by atoms with Gasteiger partial charge in [0.2, 0.25) is 5.89 Å². The molecule has 1 aromatic heterocycles. The Bertz CT molecular complexity index is 1160. The van der Waals surface area contributed by atoms with Gasteiger partial charge in [-0.1, -0.05) is 19.9 Å². The van der Waals surface area contributed by atoms with Crippen LogP contribution in [0.25, 0.3) is 22.6 Å². The van der Waals surface area contributed by atoms with Crippen LogP contribution in [0, 0.1) is 0 Å². The number of ether oxygens (including phenoxy) is 1. The SMILES string of the molecule is CC[C@@H](C)c1ccc2oc(-c3ccc(NC(=O)c4ccc(OC)cc4)cc3)nc2c1. The van der Waals surface area contributed by atoms with Crippen molar-refractivity contribution >= 4 is 22.7 Å². The zero-order chi connectivity index (χ0) is 21.1. The van der Waals surface area contributed by atoms with E-state index in [1.807, 2.05) is 30.3 Å². The molecule has 1 atom stereocenters. The normalized spacial score (nSPS) is 12.0. The molecule has 152 valence electrons. The maximum absolute atomic E-state index is 12.4. The number of hydrogen-bond acceptors (Lipinski definition) is 4. The Morgan fingerprint density at radius 3 is 2.47 bits per heavy atom. The first kappa shape index (κ1) is 19.7. The molecule has 0 aliphatic heterocycles.